The molecule has 4 aromatic heterocycles. The molecule has 38 heteroatoms. The van der Waals surface area contributed by atoms with E-state index < -0.39 is 44.8 Å². The number of likely N-dealkylation sites (N-methyl/N-ethyl adjacent to an activating group) is 2. The molecule has 10 N–H and O–H groups in total. The minimum absolute atomic E-state index is 0. The Hall–Kier alpha value is -11.1. The summed E-state index contributed by atoms with van der Waals surface area (Å²) >= 11 is 16.1. The highest BCUT2D eigenvalue weighted by Crippen LogP contribution is 2.39. The number of aliphatic imine (C=N–C) groups is 1. The topological polar surface area (TPSA) is 319 Å². The van der Waals surface area contributed by atoms with Gasteiger partial charge in [0.1, 0.15) is 11.6 Å². The number of imidazole rings is 2. The van der Waals surface area contributed by atoms with Crippen LogP contribution in [0.15, 0.2) is 197 Å². The van der Waals surface area contributed by atoms with Crippen molar-refractivity contribution in [1.29, 1.82) is 0 Å². The molecular weight excluding hydrogens is 1960 g/mol. The van der Waals surface area contributed by atoms with Gasteiger partial charge in [0.05, 0.1) is 60.1 Å². The molecule has 148 heavy (non-hydrogen) atoms. The van der Waals surface area contributed by atoms with E-state index in [1.165, 1.54) is 161 Å². The van der Waals surface area contributed by atoms with E-state index in [0.29, 0.717) is 80.2 Å². The molecule has 0 saturated carbocycles. The van der Waals surface area contributed by atoms with E-state index >= 15 is 0 Å². The smallest absolute Gasteiger partial charge is 0.399 e. The van der Waals surface area contributed by atoms with Crippen LogP contribution in [0.4, 0.5) is 59.6 Å². The lowest BCUT2D eigenvalue weighted by molar-refractivity contribution is -0.138. The Labute approximate surface area is 886 Å². The predicted molar refractivity (Wildman–Crippen MR) is 601 cm³/mol. The van der Waals surface area contributed by atoms with Crippen molar-refractivity contribution in [3.8, 4) is 45.3 Å². The lowest BCUT2D eigenvalue weighted by Gasteiger charge is -2.38. The third kappa shape index (κ3) is 42.7. The first-order chi connectivity index (χ1) is 69.0. The number of alkyl halides is 6. The number of aromatic nitrogens is 8. The van der Waals surface area contributed by atoms with Crippen molar-refractivity contribution in [3.05, 3.63) is 230 Å². The van der Waals surface area contributed by atoms with E-state index in [-0.39, 0.29) is 44.8 Å². The third-order valence-corrected chi connectivity index (χ3v) is 25.8. The third-order valence-electron chi connectivity index (χ3n) is 25.0. The molecule has 0 unspecified atom stereocenters. The summed E-state index contributed by atoms with van der Waals surface area (Å²) < 4.78 is 75.9. The van der Waals surface area contributed by atoms with Crippen LogP contribution in [0.1, 0.15) is 146 Å². The molecule has 5 fully saturated rings. The van der Waals surface area contributed by atoms with Gasteiger partial charge in [-0.05, 0) is 298 Å². The van der Waals surface area contributed by atoms with Crippen LogP contribution in [0.2, 0.25) is 10.0 Å². The van der Waals surface area contributed by atoms with Crippen LogP contribution in [-0.4, -0.2) is 317 Å². The van der Waals surface area contributed by atoms with Crippen LogP contribution in [0.3, 0.4) is 0 Å². The molecule has 2 amide bonds. The highest BCUT2D eigenvalue weighted by Gasteiger charge is 2.35. The molecule has 4 aromatic carbocycles. The second-order valence-corrected chi connectivity index (χ2v) is 39.0. The number of carbonyl (C=O) groups excluding carboxylic acids is 3. The zero-order chi connectivity index (χ0) is 106. The summed E-state index contributed by atoms with van der Waals surface area (Å²) in [4.78, 5) is 114. The summed E-state index contributed by atoms with van der Waals surface area (Å²) in [5, 5.41) is 10.3. The molecule has 9 aliphatic rings. The fraction of sp³-hybridized carbons (Fsp3) is 0.482. The molecule has 7 aliphatic heterocycles. The summed E-state index contributed by atoms with van der Waals surface area (Å²) in [7, 11) is 10.8. The minimum Gasteiger partial charge on any atom is -0.399 e. The number of fused-ring (bicyclic) bond motifs is 4. The number of aromatic amines is 4. The lowest BCUT2D eigenvalue weighted by atomic mass is 10.1. The van der Waals surface area contributed by atoms with Crippen LogP contribution < -0.4 is 43.0 Å². The van der Waals surface area contributed by atoms with Crippen molar-refractivity contribution in [1.82, 2.24) is 94.6 Å². The first-order valence-corrected chi connectivity index (χ1v) is 50.6. The molecule has 17 rings (SSSR count). The number of nitrogen functional groups attached to an aromatic ring is 1. The summed E-state index contributed by atoms with van der Waals surface area (Å²) in [5.74, 6) is 0.919. The Bertz CT molecular complexity index is 5950. The van der Waals surface area contributed by atoms with Gasteiger partial charge >= 0.3 is 18.4 Å². The summed E-state index contributed by atoms with van der Waals surface area (Å²) in [6, 6.07) is 45.7. The van der Waals surface area contributed by atoms with Crippen LogP contribution in [0.5, 0.6) is 0 Å². The Morgan fingerprint density at radius 3 is 1.35 bits per heavy atom. The largest absolute Gasteiger partial charge is 0.417 e. The zero-order valence-corrected chi connectivity index (χ0v) is 89.0. The monoisotopic (exact) mass is 2120 g/mol. The SMILES string of the molecule is C.C.C.CC(C)N(C)CCCN(C)C.CC(C)N1CCCN(C)CC1.CC(C)N1CCCNCC1.CC(C)N1CCN(C)CC1.CC(C)N1CCN(c2ccncc2)CC1.CC(C)N1CCNCC1.Nc1ccc2nc(-c3c4cccccc-4[nH]c3=O)[nH]c2c1.O=C(Cl)c1ccncc1.O=C(Nc1ccc(Cl)c(C(F)(F)F)c1)Nc1ccc2nc(-c3c4cccccc-4[nH]c3=O)[nH]c2c1.O=C=Nc1ccc(Cl)c(C(F)(F)F)c1. The van der Waals surface area contributed by atoms with Gasteiger partial charge in [-0.1, -0.05) is 94.0 Å². The standard InChI is InChI=1S/C24H15ClF3N5O2.C16H12N4O.C12H19N3.C9H20N2.C9H22N2.C8H3ClF3NO.2C8H18N2.C7H16N2.C6H4ClNO.3CH4/c25-16-8-6-12(10-15(16)24(26,27)28)29-23(35)30-13-7-9-18-19(11-13)32-21(31-18)20-14-4-2-1-3-5-17(14)33-22(20)34;17-9-6-7-12-13(8-9)19-15(18-12)14-10-4-2-1-3-5-11(10)20-16(14)21;1-11(2)14-7-9-15(10-8-14)12-3-5-13-6-4-12;1-9(2)11-6-4-5-10(3)7-8-11;1-9(2)11(5)8-6-7-10(3)4;9-7-2-1-5(13-4-14)3-6(7)8(10,11)12;1-8(2)10-6-4-9(3)5-7-10;1-8(2)10-6-3-4-9-5-7-10;1-7(2)9-5-3-8-4-6-9;7-6(9)5-1-3-8-4-2-5;;;/h1-11H,(H,31,32)(H,33,34)(H2,29,30,35);1-8H,17H2,(H,18,19)(H,20,21);3-6,11H,7-10H2,1-2H3;9H,4-8H2,1-3H3;9H,6-8H2,1-5H3;1-3H;8H,4-7H2,1-3H3;8-9H,3-7H2,1-2H3;7-8H,3-6H2,1-2H3;1-4H;3*1H4. The Kier molecular flexibility index (Phi) is 55.5. The highest BCUT2D eigenvalue weighted by atomic mass is 35.5. The average Bonchev–Trinajstić information content (AvgIpc) is 1.63. The second-order valence-electron chi connectivity index (χ2n) is 37.8. The molecule has 8 aromatic rings. The number of piperazine rings is 3. The number of hydrogen-bond donors (Lipinski definition) is 9. The number of amides is 2. The van der Waals surface area contributed by atoms with E-state index in [0.717, 1.165) is 103 Å². The summed E-state index contributed by atoms with van der Waals surface area (Å²) in [6.07, 6.45) is 2.62. The number of H-pyrrole nitrogens is 4. The number of rotatable bonds is 17. The van der Waals surface area contributed by atoms with Gasteiger partial charge in [0.2, 0.25) is 6.08 Å². The van der Waals surface area contributed by atoms with E-state index in [4.69, 9.17) is 40.5 Å². The van der Waals surface area contributed by atoms with E-state index in [2.05, 4.69) is 246 Å². The number of pyridine rings is 2. The fourth-order valence-corrected chi connectivity index (χ4v) is 16.7. The quantitative estimate of drug-likeness (QED) is 0.0134. The predicted octanol–water partition coefficient (Wildman–Crippen LogP) is 21.2. The molecule has 11 heterocycles. The van der Waals surface area contributed by atoms with E-state index in [1.807, 2.05) is 79.1 Å². The van der Waals surface area contributed by atoms with Crippen molar-refractivity contribution < 1.29 is 40.7 Å². The molecular formula is C110H159Cl3F6N24O5. The number of urea groups is 1. The van der Waals surface area contributed by atoms with Crippen molar-refractivity contribution in [2.75, 3.05) is 200 Å². The first kappa shape index (κ1) is 127. The van der Waals surface area contributed by atoms with Crippen molar-refractivity contribution >= 4 is 103 Å². The van der Waals surface area contributed by atoms with Gasteiger partial charge in [-0.15, -0.1) is 0 Å². The van der Waals surface area contributed by atoms with Gasteiger partial charge in [0, 0.05) is 217 Å². The van der Waals surface area contributed by atoms with E-state index in [9.17, 15) is 50.3 Å². The molecule has 0 radical (unpaired) electrons. The average molecular weight is 2120 g/mol. The van der Waals surface area contributed by atoms with Gasteiger partial charge < -0.3 is 71.4 Å². The molecule has 5 saturated heterocycles. The van der Waals surface area contributed by atoms with E-state index in [1.54, 1.807) is 42.5 Å². The molecule has 29 nitrogen and oxygen atoms in total. The minimum atomic E-state index is -4.65. The number of benzene rings is 4. The molecule has 0 bridgehead atoms. The second kappa shape index (κ2) is 64.5. The maximum atomic E-state index is 13.1. The normalized spacial score (nSPS) is 15.1. The van der Waals surface area contributed by atoms with Gasteiger partial charge in [0.25, 0.3) is 16.4 Å². The number of nitrogens with zero attached hydrogens (tertiary/aromatic N) is 15. The van der Waals surface area contributed by atoms with Crippen LogP contribution >= 0.6 is 34.8 Å². The Morgan fingerprint density at radius 2 is 0.885 bits per heavy atom. The van der Waals surface area contributed by atoms with Crippen LogP contribution in [0, 0.1) is 0 Å². The number of hydrogen-bond acceptors (Lipinski definition) is 23. The van der Waals surface area contributed by atoms with Crippen LogP contribution in [0.25, 0.3) is 67.4 Å². The van der Waals surface area contributed by atoms with Gasteiger partial charge in [-0.3, -0.25) is 48.9 Å². The number of carbonyl (C=O) groups is 2. The molecule has 0 spiro atoms. The van der Waals surface area contributed by atoms with Crippen molar-refractivity contribution in [2.45, 2.75) is 173 Å². The maximum Gasteiger partial charge on any atom is 0.417 e. The zero-order valence-electron chi connectivity index (χ0n) is 86.7. The molecule has 812 valence electrons. The lowest BCUT2D eigenvalue weighted by Crippen LogP contribution is -2.48. The number of anilines is 4. The van der Waals surface area contributed by atoms with Crippen molar-refractivity contribution in [3.63, 3.8) is 0 Å². The fourth-order valence-electron chi connectivity index (χ4n) is 16.1. The Morgan fingerprint density at radius 1 is 0.473 bits per heavy atom. The maximum absolute atomic E-state index is 13.1. The van der Waals surface area contributed by atoms with Gasteiger partial charge in [0.15, 0.2) is 0 Å². The molecule has 2 aliphatic carbocycles. The summed E-state index contributed by atoms with van der Waals surface area (Å²) in [6.45, 7) is 53.7. The summed E-state index contributed by atoms with van der Waals surface area (Å²) in [5.41, 5.74) is 12.5. The Balaban J connectivity index is 0.000000301. The first-order valence-electron chi connectivity index (χ1n) is 49.4. The number of isocyanates is 1. The van der Waals surface area contributed by atoms with Crippen LogP contribution in [-0.2, 0) is 17.1 Å². The molecule has 0 atom stereocenters. The number of nitrogens with one attached hydrogen (secondary N) is 8. The number of halogens is 9. The van der Waals surface area contributed by atoms with Gasteiger partial charge in [-0.2, -0.15) is 31.3 Å². The van der Waals surface area contributed by atoms with Crippen molar-refractivity contribution in [2.24, 2.45) is 4.99 Å². The number of nitrogens with two attached hydrogens (primary N) is 1. The van der Waals surface area contributed by atoms with Gasteiger partial charge in [-0.25, -0.2) is 19.6 Å². The highest BCUT2D eigenvalue weighted by molar-refractivity contribution is 6.67.